The van der Waals surface area contributed by atoms with Gasteiger partial charge in [0.1, 0.15) is 0 Å². The number of hydrogen-bond donors (Lipinski definition) is 0. The van der Waals surface area contributed by atoms with Gasteiger partial charge in [0.05, 0.1) is 0 Å². The van der Waals surface area contributed by atoms with Crippen LogP contribution in [0.5, 0.6) is 0 Å². The van der Waals surface area contributed by atoms with Crippen molar-refractivity contribution >= 4 is 0 Å². The molecule has 1 fully saturated rings. The van der Waals surface area contributed by atoms with Crippen molar-refractivity contribution in [2.45, 2.75) is 38.1 Å². The molecule has 0 aromatic carbocycles. The van der Waals surface area contributed by atoms with Gasteiger partial charge in [-0.05, 0) is 12.8 Å². The van der Waals surface area contributed by atoms with Crippen LogP contribution < -0.4 is 18.9 Å². The van der Waals surface area contributed by atoms with E-state index in [1.165, 1.54) is 32.1 Å². The summed E-state index contributed by atoms with van der Waals surface area (Å²) in [6.07, 6.45) is 11.8. The molecule has 0 radical (unpaired) electrons. The monoisotopic (exact) mass is 185 g/mol. The van der Waals surface area contributed by atoms with Crippen LogP contribution in [-0.4, -0.2) is 24.0 Å². The van der Waals surface area contributed by atoms with Crippen LogP contribution in [0.3, 0.4) is 0 Å². The van der Waals surface area contributed by atoms with Gasteiger partial charge in [-0.1, -0.05) is 25.3 Å². The van der Waals surface area contributed by atoms with Crippen LogP contribution in [0.25, 0.3) is 0 Å². The van der Waals surface area contributed by atoms with Crippen molar-refractivity contribution in [2.24, 2.45) is 0 Å². The number of nitrogens with zero attached hydrogens (tertiary/aromatic N) is 1. The summed E-state index contributed by atoms with van der Waals surface area (Å²) in [6, 6.07) is 0.751. The topological polar surface area (TPSA) is 3.24 Å². The van der Waals surface area contributed by atoms with Crippen LogP contribution in [0.2, 0.25) is 0 Å². The van der Waals surface area contributed by atoms with Gasteiger partial charge in [-0.2, -0.15) is 0 Å². The summed E-state index contributed by atoms with van der Waals surface area (Å²) in [5.74, 6) is 0. The zero-order valence-corrected chi connectivity index (χ0v) is 9.47. The first-order valence-electron chi connectivity index (χ1n) is 5.23. The van der Waals surface area contributed by atoms with E-state index in [1.54, 1.807) is 0 Å². The number of hydrogen-bond acceptors (Lipinski definition) is 1. The van der Waals surface area contributed by atoms with Crippen molar-refractivity contribution in [2.75, 3.05) is 13.1 Å². The fraction of sp³-hybridized carbons (Fsp3) is 0.667. The molecule has 0 N–H and O–H groups in total. The second-order valence-electron chi connectivity index (χ2n) is 3.76. The van der Waals surface area contributed by atoms with Gasteiger partial charge in [0, 0.05) is 12.6 Å². The maximum Gasteiger partial charge on any atom is 1.00 e. The van der Waals surface area contributed by atoms with E-state index >= 15 is 0 Å². The minimum atomic E-state index is 0. The third-order valence-corrected chi connectivity index (χ3v) is 2.77. The van der Waals surface area contributed by atoms with Gasteiger partial charge in [0.25, 0.3) is 0 Å². The van der Waals surface area contributed by atoms with Gasteiger partial charge >= 0.3 is 18.9 Å². The fourth-order valence-corrected chi connectivity index (χ4v) is 2.10. The van der Waals surface area contributed by atoms with E-state index in [0.717, 1.165) is 19.1 Å². The van der Waals surface area contributed by atoms with Gasteiger partial charge in [-0.3, -0.25) is 6.58 Å². The van der Waals surface area contributed by atoms with Gasteiger partial charge < -0.3 is 11.0 Å². The minimum Gasteiger partial charge on any atom is -0.489 e. The summed E-state index contributed by atoms with van der Waals surface area (Å²) in [5, 5.41) is 0. The molecule has 1 aliphatic carbocycles. The van der Waals surface area contributed by atoms with Crippen LogP contribution in [0.4, 0.5) is 0 Å². The Hall–Kier alpha value is 0.0374. The summed E-state index contributed by atoms with van der Waals surface area (Å²) in [7, 11) is 0. The van der Waals surface area contributed by atoms with Crippen LogP contribution >= 0.6 is 0 Å². The summed E-state index contributed by atoms with van der Waals surface area (Å²) in [4.78, 5) is 2.43. The van der Waals surface area contributed by atoms with E-state index in [-0.39, 0.29) is 18.9 Å². The van der Waals surface area contributed by atoms with Crippen molar-refractivity contribution in [3.8, 4) is 0 Å². The Balaban J connectivity index is 0.00000169. The number of rotatable bonds is 5. The van der Waals surface area contributed by atoms with Gasteiger partial charge in [0.15, 0.2) is 0 Å². The second-order valence-corrected chi connectivity index (χ2v) is 3.76. The van der Waals surface area contributed by atoms with Crippen molar-refractivity contribution in [3.63, 3.8) is 0 Å². The van der Waals surface area contributed by atoms with E-state index in [0.29, 0.717) is 0 Å². The average Bonchev–Trinajstić information content (AvgIpc) is 2.19. The molecule has 0 aromatic rings. The molecule has 0 bridgehead atoms. The average molecular weight is 185 g/mol. The molecule has 1 aliphatic rings. The largest absolute Gasteiger partial charge is 1.00 e. The third kappa shape index (κ3) is 4.51. The Labute approximate surface area is 100 Å². The molecule has 2 heteroatoms. The maximum absolute atomic E-state index is 3.79. The third-order valence-electron chi connectivity index (χ3n) is 2.77. The molecule has 1 saturated carbocycles. The zero-order valence-electron chi connectivity index (χ0n) is 9.47. The molecular formula is C12H20LiN. The Morgan fingerprint density at radius 2 is 1.93 bits per heavy atom. The molecule has 14 heavy (non-hydrogen) atoms. The predicted molar refractivity (Wildman–Crippen MR) is 57.5 cm³/mol. The molecular weight excluding hydrogens is 165 g/mol. The van der Waals surface area contributed by atoms with Crippen molar-refractivity contribution < 1.29 is 18.9 Å². The van der Waals surface area contributed by atoms with Crippen LogP contribution in [0, 0.1) is 6.08 Å². The fourth-order valence-electron chi connectivity index (χ4n) is 2.10. The molecule has 0 unspecified atom stereocenters. The molecule has 0 amide bonds. The van der Waals surface area contributed by atoms with Gasteiger partial charge in [-0.25, -0.2) is 0 Å². The molecule has 0 heterocycles. The van der Waals surface area contributed by atoms with E-state index < -0.39 is 0 Å². The smallest absolute Gasteiger partial charge is 0.489 e. The molecule has 0 atom stereocenters. The summed E-state index contributed by atoms with van der Waals surface area (Å²) in [5.41, 5.74) is 0. The van der Waals surface area contributed by atoms with Crippen molar-refractivity contribution in [3.05, 3.63) is 25.3 Å². The molecule has 0 saturated heterocycles. The minimum absolute atomic E-state index is 0. The maximum atomic E-state index is 3.79. The molecule has 1 rings (SSSR count). The molecule has 0 aromatic heterocycles. The standard InChI is InChI=1S/C12H20N.Li/c1-3-10-13(11-4-2)12-8-6-5-7-9-12;/h3,12H,1-2,5-11H2;/q-1;+1. The Morgan fingerprint density at radius 1 is 1.29 bits per heavy atom. The molecule has 74 valence electrons. The molecule has 0 spiro atoms. The Bertz CT molecular complexity index is 152. The molecule has 1 nitrogen and oxygen atoms in total. The Kier molecular flexibility index (Phi) is 8.38. The van der Waals surface area contributed by atoms with Crippen LogP contribution in [0.15, 0.2) is 19.2 Å². The zero-order chi connectivity index (χ0) is 9.52. The van der Waals surface area contributed by atoms with Crippen LogP contribution in [0.1, 0.15) is 32.1 Å². The Morgan fingerprint density at radius 3 is 2.43 bits per heavy atom. The first kappa shape index (κ1) is 14.0. The van der Waals surface area contributed by atoms with E-state index in [9.17, 15) is 0 Å². The summed E-state index contributed by atoms with van der Waals surface area (Å²) in [6.45, 7) is 9.33. The predicted octanol–water partition coefficient (Wildman–Crippen LogP) is -0.200. The van der Waals surface area contributed by atoms with Crippen molar-refractivity contribution in [1.82, 2.24) is 4.90 Å². The van der Waals surface area contributed by atoms with E-state index in [2.05, 4.69) is 24.1 Å². The normalized spacial score (nSPS) is 17.5. The second kappa shape index (κ2) is 8.35. The van der Waals surface area contributed by atoms with Crippen molar-refractivity contribution in [1.29, 1.82) is 0 Å². The van der Waals surface area contributed by atoms with Crippen LogP contribution in [-0.2, 0) is 0 Å². The molecule has 0 aliphatic heterocycles. The first-order chi connectivity index (χ1) is 6.38. The first-order valence-corrected chi connectivity index (χ1v) is 5.23. The quantitative estimate of drug-likeness (QED) is 0.326. The van der Waals surface area contributed by atoms with Gasteiger partial charge in [0.2, 0.25) is 0 Å². The van der Waals surface area contributed by atoms with Gasteiger partial charge in [-0.15, -0.1) is 13.1 Å². The SMILES string of the molecule is C=[C-]CN(CC=C)C1CCCCC1.[Li+]. The summed E-state index contributed by atoms with van der Waals surface area (Å²) >= 11 is 0. The summed E-state index contributed by atoms with van der Waals surface area (Å²) < 4.78 is 0. The van der Waals surface area contributed by atoms with E-state index in [1.807, 2.05) is 6.08 Å². The van der Waals surface area contributed by atoms with E-state index in [4.69, 9.17) is 0 Å².